The molecule has 3 rings (SSSR count). The first-order valence-corrected chi connectivity index (χ1v) is 8.73. The van der Waals surface area contributed by atoms with Crippen molar-refractivity contribution >= 4 is 16.8 Å². The maximum Gasteiger partial charge on any atom is 0.272 e. The number of likely N-dealkylation sites (N-methyl/N-ethyl adjacent to an activating group) is 2. The number of piperazine rings is 1. The maximum atomic E-state index is 12.6. The molecule has 25 heavy (non-hydrogen) atoms. The van der Waals surface area contributed by atoms with E-state index >= 15 is 0 Å². The lowest BCUT2D eigenvalue weighted by molar-refractivity contribution is 0.0499. The van der Waals surface area contributed by atoms with Gasteiger partial charge in [0.15, 0.2) is 0 Å². The van der Waals surface area contributed by atoms with Gasteiger partial charge in [0.1, 0.15) is 5.69 Å². The number of hydrogen-bond donors (Lipinski definition) is 1. The van der Waals surface area contributed by atoms with Crippen LogP contribution in [-0.4, -0.2) is 90.2 Å². The monoisotopic (exact) mass is 342 g/mol. The van der Waals surface area contributed by atoms with Gasteiger partial charge in [-0.15, -0.1) is 0 Å². The van der Waals surface area contributed by atoms with E-state index in [1.165, 1.54) is 0 Å². The van der Waals surface area contributed by atoms with Gasteiger partial charge in [-0.2, -0.15) is 0 Å². The van der Waals surface area contributed by atoms with E-state index in [2.05, 4.69) is 21.8 Å². The molecule has 2 heterocycles. The van der Waals surface area contributed by atoms with Crippen molar-refractivity contribution < 1.29 is 9.90 Å². The number of para-hydroxylation sites is 1. The Morgan fingerprint density at radius 2 is 1.92 bits per heavy atom. The van der Waals surface area contributed by atoms with E-state index in [-0.39, 0.29) is 5.91 Å². The standard InChI is InChI=1S/C19H26N4O2/c1-21-9-11-23(12-10-21)14-16(24)13-22(2)19(25)18-8-7-15-5-3-4-6-17(15)20-18/h3-8,16,24H,9-14H2,1-2H3. The van der Waals surface area contributed by atoms with E-state index in [4.69, 9.17) is 0 Å². The first-order chi connectivity index (χ1) is 12.0. The average Bonchev–Trinajstić information content (AvgIpc) is 2.62. The number of amides is 1. The van der Waals surface area contributed by atoms with Gasteiger partial charge < -0.3 is 14.9 Å². The van der Waals surface area contributed by atoms with Gasteiger partial charge in [-0.25, -0.2) is 4.98 Å². The second-order valence-corrected chi connectivity index (χ2v) is 6.83. The molecule has 134 valence electrons. The van der Waals surface area contributed by atoms with E-state index in [1.54, 1.807) is 18.0 Å². The van der Waals surface area contributed by atoms with Crippen molar-refractivity contribution in [1.82, 2.24) is 19.7 Å². The third kappa shape index (κ3) is 4.54. The molecule has 0 saturated carbocycles. The third-order valence-corrected chi connectivity index (χ3v) is 4.71. The van der Waals surface area contributed by atoms with Crippen molar-refractivity contribution in [2.24, 2.45) is 0 Å². The Balaban J connectivity index is 1.57. The summed E-state index contributed by atoms with van der Waals surface area (Å²) in [4.78, 5) is 23.1. The number of nitrogens with zero attached hydrogens (tertiary/aromatic N) is 4. The van der Waals surface area contributed by atoms with E-state index < -0.39 is 6.10 Å². The molecule has 1 fully saturated rings. The molecule has 1 saturated heterocycles. The SMILES string of the molecule is CN1CCN(CC(O)CN(C)C(=O)c2ccc3ccccc3n2)CC1. The number of aromatic nitrogens is 1. The van der Waals surface area contributed by atoms with Gasteiger partial charge in [-0.1, -0.05) is 24.3 Å². The molecule has 1 N–H and O–H groups in total. The zero-order valence-electron chi connectivity index (χ0n) is 14.9. The third-order valence-electron chi connectivity index (χ3n) is 4.71. The number of aliphatic hydroxyl groups excluding tert-OH is 1. The van der Waals surface area contributed by atoms with E-state index in [9.17, 15) is 9.90 Å². The largest absolute Gasteiger partial charge is 0.390 e. The molecular weight excluding hydrogens is 316 g/mol. The van der Waals surface area contributed by atoms with Crippen molar-refractivity contribution in [3.05, 3.63) is 42.1 Å². The van der Waals surface area contributed by atoms with Gasteiger partial charge in [0.05, 0.1) is 11.6 Å². The molecule has 6 heteroatoms. The summed E-state index contributed by atoms with van der Waals surface area (Å²) in [6, 6.07) is 11.4. The summed E-state index contributed by atoms with van der Waals surface area (Å²) >= 11 is 0. The number of carbonyl (C=O) groups is 1. The second-order valence-electron chi connectivity index (χ2n) is 6.83. The fourth-order valence-corrected chi connectivity index (χ4v) is 3.17. The lowest BCUT2D eigenvalue weighted by Gasteiger charge is -2.34. The summed E-state index contributed by atoms with van der Waals surface area (Å²) in [5.41, 5.74) is 1.22. The van der Waals surface area contributed by atoms with Crippen molar-refractivity contribution in [3.63, 3.8) is 0 Å². The molecule has 0 aliphatic carbocycles. The first kappa shape index (κ1) is 17.8. The molecule has 1 aliphatic rings. The van der Waals surface area contributed by atoms with Crippen LogP contribution in [0.5, 0.6) is 0 Å². The molecule has 1 aliphatic heterocycles. The highest BCUT2D eigenvalue weighted by molar-refractivity contribution is 5.94. The van der Waals surface area contributed by atoms with Crippen LogP contribution >= 0.6 is 0 Å². The number of rotatable bonds is 5. The van der Waals surface area contributed by atoms with E-state index in [0.717, 1.165) is 37.1 Å². The van der Waals surface area contributed by atoms with E-state index in [1.807, 2.05) is 30.3 Å². The molecule has 1 amide bonds. The van der Waals surface area contributed by atoms with Crippen LogP contribution in [0.15, 0.2) is 36.4 Å². The Hall–Kier alpha value is -2.02. The summed E-state index contributed by atoms with van der Waals surface area (Å²) < 4.78 is 0. The smallest absolute Gasteiger partial charge is 0.272 e. The topological polar surface area (TPSA) is 59.9 Å². The molecule has 1 unspecified atom stereocenters. The molecule has 1 atom stereocenters. The van der Waals surface area contributed by atoms with Gasteiger partial charge in [-0.3, -0.25) is 9.69 Å². The zero-order valence-corrected chi connectivity index (χ0v) is 14.9. The van der Waals surface area contributed by atoms with Gasteiger partial charge in [-0.05, 0) is 19.2 Å². The summed E-state index contributed by atoms with van der Waals surface area (Å²) in [6.45, 7) is 4.84. The lowest BCUT2D eigenvalue weighted by Crippen LogP contribution is -2.49. The minimum absolute atomic E-state index is 0.164. The van der Waals surface area contributed by atoms with Crippen molar-refractivity contribution in [1.29, 1.82) is 0 Å². The molecule has 1 aromatic heterocycles. The predicted octanol–water partition coefficient (Wildman–Crippen LogP) is 0.915. The van der Waals surface area contributed by atoms with Gasteiger partial charge in [0.2, 0.25) is 0 Å². The molecule has 0 radical (unpaired) electrons. The molecule has 1 aromatic carbocycles. The maximum absolute atomic E-state index is 12.6. The number of pyridine rings is 1. The molecule has 6 nitrogen and oxygen atoms in total. The number of β-amino-alcohol motifs (C(OH)–C–C–N with tert-alkyl or cyclic N) is 1. The van der Waals surface area contributed by atoms with E-state index in [0.29, 0.717) is 18.8 Å². The Bertz CT molecular complexity index is 728. The Morgan fingerprint density at radius 3 is 2.68 bits per heavy atom. The Labute approximate surface area is 148 Å². The number of aliphatic hydroxyl groups is 1. The first-order valence-electron chi connectivity index (χ1n) is 8.73. The number of benzene rings is 1. The van der Waals surface area contributed by atoms with Gasteiger partial charge in [0, 0.05) is 51.7 Å². The Kier molecular flexibility index (Phi) is 5.63. The number of fused-ring (bicyclic) bond motifs is 1. The van der Waals surface area contributed by atoms with Crippen LogP contribution in [0.25, 0.3) is 10.9 Å². The van der Waals surface area contributed by atoms with Gasteiger partial charge >= 0.3 is 0 Å². The van der Waals surface area contributed by atoms with Crippen LogP contribution in [0.4, 0.5) is 0 Å². The summed E-state index contributed by atoms with van der Waals surface area (Å²) in [6.07, 6.45) is -0.558. The van der Waals surface area contributed by atoms with Crippen LogP contribution in [0.1, 0.15) is 10.5 Å². The van der Waals surface area contributed by atoms with Gasteiger partial charge in [0.25, 0.3) is 5.91 Å². The minimum atomic E-state index is -0.558. The quantitative estimate of drug-likeness (QED) is 0.875. The minimum Gasteiger partial charge on any atom is -0.390 e. The zero-order chi connectivity index (χ0) is 17.8. The van der Waals surface area contributed by atoms with Crippen LogP contribution in [0, 0.1) is 0 Å². The normalized spacial score (nSPS) is 17.6. The van der Waals surface area contributed by atoms with Crippen LogP contribution in [0.3, 0.4) is 0 Å². The fourth-order valence-electron chi connectivity index (χ4n) is 3.17. The van der Waals surface area contributed by atoms with Crippen molar-refractivity contribution in [2.45, 2.75) is 6.10 Å². The number of hydrogen-bond acceptors (Lipinski definition) is 5. The highest BCUT2D eigenvalue weighted by Gasteiger charge is 2.21. The predicted molar refractivity (Wildman–Crippen MR) is 98.6 cm³/mol. The lowest BCUT2D eigenvalue weighted by atomic mass is 10.2. The molecule has 0 bridgehead atoms. The summed E-state index contributed by atoms with van der Waals surface area (Å²) in [7, 11) is 3.82. The van der Waals surface area contributed by atoms with Crippen LogP contribution < -0.4 is 0 Å². The fraction of sp³-hybridized carbons (Fsp3) is 0.474. The highest BCUT2D eigenvalue weighted by Crippen LogP contribution is 2.13. The van der Waals surface area contributed by atoms with Crippen LogP contribution in [-0.2, 0) is 0 Å². The molecular formula is C19H26N4O2. The summed E-state index contributed by atoms with van der Waals surface area (Å²) in [5, 5.41) is 11.3. The molecule has 0 spiro atoms. The Morgan fingerprint density at radius 1 is 1.20 bits per heavy atom. The average molecular weight is 342 g/mol. The summed E-state index contributed by atoms with van der Waals surface area (Å²) in [5.74, 6) is -0.164. The number of carbonyl (C=O) groups excluding carboxylic acids is 1. The molecule has 2 aromatic rings. The van der Waals surface area contributed by atoms with Crippen molar-refractivity contribution in [3.8, 4) is 0 Å². The highest BCUT2D eigenvalue weighted by atomic mass is 16.3. The second kappa shape index (κ2) is 7.91. The van der Waals surface area contributed by atoms with Crippen molar-refractivity contribution in [2.75, 3.05) is 53.4 Å². The van der Waals surface area contributed by atoms with Crippen LogP contribution in [0.2, 0.25) is 0 Å².